The van der Waals surface area contributed by atoms with Crippen molar-refractivity contribution in [3.8, 4) is 0 Å². The zero-order valence-electron chi connectivity index (χ0n) is 14.3. The lowest BCUT2D eigenvalue weighted by Gasteiger charge is -2.30. The van der Waals surface area contributed by atoms with Crippen LogP contribution in [0.2, 0.25) is 0 Å². The predicted octanol–water partition coefficient (Wildman–Crippen LogP) is 3.03. The fraction of sp³-hybridized carbons (Fsp3) is 1.00. The predicted molar refractivity (Wildman–Crippen MR) is 87.0 cm³/mol. The lowest BCUT2D eigenvalue weighted by atomic mass is 9.95. The summed E-state index contributed by atoms with van der Waals surface area (Å²) in [5, 5.41) is 13.2. The molecule has 1 fully saturated rings. The Hall–Kier alpha value is -0.120. The van der Waals surface area contributed by atoms with Gasteiger partial charge in [-0.25, -0.2) is 0 Å². The molecule has 0 spiro atoms. The first-order valence-electron chi connectivity index (χ1n) is 8.45. The molecule has 1 rings (SSSR count). The molecule has 0 saturated heterocycles. The zero-order chi connectivity index (χ0) is 15.2. The Morgan fingerprint density at radius 2 is 1.90 bits per heavy atom. The smallest absolute Gasteiger partial charge is 0.0610 e. The fourth-order valence-electron chi connectivity index (χ4n) is 2.88. The highest BCUT2D eigenvalue weighted by Crippen LogP contribution is 2.25. The quantitative estimate of drug-likeness (QED) is 0.573. The van der Waals surface area contributed by atoms with Crippen molar-refractivity contribution in [2.24, 2.45) is 5.92 Å². The molecule has 1 aliphatic rings. The van der Waals surface area contributed by atoms with Gasteiger partial charge in [0.15, 0.2) is 0 Å². The monoisotopic (exact) mass is 284 g/mol. The third-order valence-electron chi connectivity index (χ3n) is 4.53. The Morgan fingerprint density at radius 3 is 2.40 bits per heavy atom. The minimum atomic E-state index is -0.0662. The van der Waals surface area contributed by atoms with Crippen LogP contribution in [0.4, 0.5) is 0 Å². The Bertz CT molecular complexity index is 266. The average molecular weight is 284 g/mol. The van der Waals surface area contributed by atoms with Crippen LogP contribution in [0.5, 0.6) is 0 Å². The third-order valence-corrected chi connectivity index (χ3v) is 4.53. The number of aliphatic hydroxyl groups is 1. The number of unbranched alkanes of at least 4 members (excludes halogenated alkanes) is 1. The average Bonchev–Trinajstić information content (AvgIpc) is 3.17. The van der Waals surface area contributed by atoms with E-state index in [0.717, 1.165) is 12.3 Å². The summed E-state index contributed by atoms with van der Waals surface area (Å²) < 4.78 is 0. The SMILES string of the molecule is CC(C)CC(C)N(C)CCCCC(C)(CO)NC1CC1. The van der Waals surface area contributed by atoms with E-state index in [9.17, 15) is 5.11 Å². The Balaban J connectivity index is 2.15. The van der Waals surface area contributed by atoms with Crippen molar-refractivity contribution in [3.63, 3.8) is 0 Å². The van der Waals surface area contributed by atoms with Crippen LogP contribution in [-0.4, -0.2) is 47.8 Å². The molecule has 120 valence electrons. The molecule has 1 aliphatic carbocycles. The van der Waals surface area contributed by atoms with Gasteiger partial charge in [-0.05, 0) is 65.5 Å². The van der Waals surface area contributed by atoms with Crippen LogP contribution in [0.1, 0.15) is 66.2 Å². The summed E-state index contributed by atoms with van der Waals surface area (Å²) in [7, 11) is 2.24. The summed E-state index contributed by atoms with van der Waals surface area (Å²) in [6.45, 7) is 10.5. The summed E-state index contributed by atoms with van der Waals surface area (Å²) in [5.41, 5.74) is -0.0662. The first-order valence-corrected chi connectivity index (χ1v) is 8.45. The number of hydrogen-bond donors (Lipinski definition) is 2. The van der Waals surface area contributed by atoms with Gasteiger partial charge in [-0.3, -0.25) is 0 Å². The molecule has 0 bridgehead atoms. The van der Waals surface area contributed by atoms with Crippen molar-refractivity contribution in [1.29, 1.82) is 0 Å². The van der Waals surface area contributed by atoms with E-state index in [4.69, 9.17) is 0 Å². The Labute approximate surface area is 126 Å². The Morgan fingerprint density at radius 1 is 1.25 bits per heavy atom. The van der Waals surface area contributed by atoms with Crippen LogP contribution in [0, 0.1) is 5.92 Å². The van der Waals surface area contributed by atoms with Gasteiger partial charge in [0.05, 0.1) is 6.61 Å². The molecule has 2 N–H and O–H groups in total. The molecule has 3 heteroatoms. The lowest BCUT2D eigenvalue weighted by molar-refractivity contribution is 0.157. The van der Waals surface area contributed by atoms with E-state index in [0.29, 0.717) is 12.1 Å². The van der Waals surface area contributed by atoms with E-state index in [1.165, 1.54) is 38.6 Å². The molecule has 0 heterocycles. The summed E-state index contributed by atoms with van der Waals surface area (Å²) in [5.74, 6) is 0.771. The number of nitrogens with one attached hydrogen (secondary N) is 1. The van der Waals surface area contributed by atoms with E-state index in [1.807, 2.05) is 0 Å². The molecule has 0 aromatic rings. The Kier molecular flexibility index (Phi) is 7.49. The molecule has 0 aliphatic heterocycles. The molecule has 2 atom stereocenters. The highest BCUT2D eigenvalue weighted by Gasteiger charge is 2.31. The van der Waals surface area contributed by atoms with Crippen LogP contribution in [0.25, 0.3) is 0 Å². The van der Waals surface area contributed by atoms with Crippen LogP contribution in [-0.2, 0) is 0 Å². The van der Waals surface area contributed by atoms with Gasteiger partial charge in [0.2, 0.25) is 0 Å². The van der Waals surface area contributed by atoms with E-state index < -0.39 is 0 Å². The topological polar surface area (TPSA) is 35.5 Å². The molecule has 0 radical (unpaired) electrons. The molecule has 3 nitrogen and oxygen atoms in total. The standard InChI is InChI=1S/C17H36N2O/c1-14(2)12-15(3)19(5)11-7-6-10-17(4,13-20)18-16-8-9-16/h14-16,18,20H,6-13H2,1-5H3. The van der Waals surface area contributed by atoms with Gasteiger partial charge in [-0.2, -0.15) is 0 Å². The molecular formula is C17H36N2O. The van der Waals surface area contributed by atoms with Gasteiger partial charge in [0.1, 0.15) is 0 Å². The van der Waals surface area contributed by atoms with Crippen molar-refractivity contribution in [2.75, 3.05) is 20.2 Å². The van der Waals surface area contributed by atoms with Crippen molar-refractivity contribution >= 4 is 0 Å². The first kappa shape index (κ1) is 17.9. The molecule has 0 aromatic heterocycles. The summed E-state index contributed by atoms with van der Waals surface area (Å²) >= 11 is 0. The molecule has 0 aromatic carbocycles. The van der Waals surface area contributed by atoms with Gasteiger partial charge in [-0.1, -0.05) is 20.3 Å². The van der Waals surface area contributed by atoms with Gasteiger partial charge in [0.25, 0.3) is 0 Å². The molecular weight excluding hydrogens is 248 g/mol. The summed E-state index contributed by atoms with van der Waals surface area (Å²) in [4.78, 5) is 2.48. The van der Waals surface area contributed by atoms with Crippen LogP contribution >= 0.6 is 0 Å². The summed E-state index contributed by atoms with van der Waals surface area (Å²) in [6, 6.07) is 1.34. The van der Waals surface area contributed by atoms with Gasteiger partial charge in [-0.15, -0.1) is 0 Å². The second-order valence-corrected chi connectivity index (χ2v) is 7.55. The van der Waals surface area contributed by atoms with Crippen molar-refractivity contribution < 1.29 is 5.11 Å². The van der Waals surface area contributed by atoms with E-state index in [2.05, 4.69) is 45.0 Å². The summed E-state index contributed by atoms with van der Waals surface area (Å²) in [6.07, 6.45) is 7.33. The highest BCUT2D eigenvalue weighted by atomic mass is 16.3. The van der Waals surface area contributed by atoms with Crippen molar-refractivity contribution in [2.45, 2.75) is 83.8 Å². The van der Waals surface area contributed by atoms with Gasteiger partial charge >= 0.3 is 0 Å². The maximum atomic E-state index is 9.58. The minimum absolute atomic E-state index is 0.0662. The number of aliphatic hydroxyl groups excluding tert-OH is 1. The number of hydrogen-bond acceptors (Lipinski definition) is 3. The van der Waals surface area contributed by atoms with E-state index in [1.54, 1.807) is 0 Å². The second kappa shape index (κ2) is 8.35. The molecule has 0 amide bonds. The van der Waals surface area contributed by atoms with Crippen molar-refractivity contribution in [1.82, 2.24) is 10.2 Å². The van der Waals surface area contributed by atoms with Crippen LogP contribution in [0.15, 0.2) is 0 Å². The third kappa shape index (κ3) is 7.05. The number of nitrogens with zero attached hydrogens (tertiary/aromatic N) is 1. The highest BCUT2D eigenvalue weighted by molar-refractivity contribution is 4.92. The maximum Gasteiger partial charge on any atom is 0.0610 e. The van der Waals surface area contributed by atoms with E-state index in [-0.39, 0.29) is 12.1 Å². The van der Waals surface area contributed by atoms with E-state index >= 15 is 0 Å². The molecule has 1 saturated carbocycles. The first-order chi connectivity index (χ1) is 9.36. The van der Waals surface area contributed by atoms with Gasteiger partial charge < -0.3 is 15.3 Å². The van der Waals surface area contributed by atoms with Crippen LogP contribution in [0.3, 0.4) is 0 Å². The molecule has 20 heavy (non-hydrogen) atoms. The second-order valence-electron chi connectivity index (χ2n) is 7.55. The lowest BCUT2D eigenvalue weighted by Crippen LogP contribution is -2.47. The fourth-order valence-corrected chi connectivity index (χ4v) is 2.88. The van der Waals surface area contributed by atoms with Crippen LogP contribution < -0.4 is 5.32 Å². The van der Waals surface area contributed by atoms with Crippen molar-refractivity contribution in [3.05, 3.63) is 0 Å². The maximum absolute atomic E-state index is 9.58. The van der Waals surface area contributed by atoms with Gasteiger partial charge in [0, 0.05) is 17.6 Å². The normalized spacial score (nSPS) is 20.4. The minimum Gasteiger partial charge on any atom is -0.394 e. The zero-order valence-corrected chi connectivity index (χ0v) is 14.3. The number of rotatable bonds is 11. The molecule has 2 unspecified atom stereocenters. The largest absolute Gasteiger partial charge is 0.394 e.